The van der Waals surface area contributed by atoms with Crippen LogP contribution < -0.4 is 4.90 Å². The highest BCUT2D eigenvalue weighted by Gasteiger charge is 2.05. The van der Waals surface area contributed by atoms with E-state index in [4.69, 9.17) is 5.11 Å². The van der Waals surface area contributed by atoms with Crippen LogP contribution >= 0.6 is 11.8 Å². The number of carboxylic acid groups (broad SMARTS) is 1. The van der Waals surface area contributed by atoms with Crippen molar-refractivity contribution < 1.29 is 9.90 Å². The Morgan fingerprint density at radius 1 is 1.21 bits per heavy atom. The van der Waals surface area contributed by atoms with Gasteiger partial charge in [-0.1, -0.05) is 11.8 Å². The number of carbonyl (C=O) groups is 1. The van der Waals surface area contributed by atoms with E-state index >= 15 is 0 Å². The first kappa shape index (κ1) is 13.4. The van der Waals surface area contributed by atoms with E-state index < -0.39 is 5.97 Å². The molecular formula is C13H13N3O2S. The molecule has 1 aromatic heterocycles. The van der Waals surface area contributed by atoms with Gasteiger partial charge < -0.3 is 10.0 Å². The second-order valence-corrected chi connectivity index (χ2v) is 5.11. The summed E-state index contributed by atoms with van der Waals surface area (Å²) < 4.78 is 0. The van der Waals surface area contributed by atoms with Crippen molar-refractivity contribution >= 4 is 23.7 Å². The van der Waals surface area contributed by atoms with Crippen LogP contribution in [0.2, 0.25) is 0 Å². The Hall–Kier alpha value is -2.08. The maximum atomic E-state index is 10.8. The zero-order valence-corrected chi connectivity index (χ0v) is 11.4. The number of nitrogens with zero attached hydrogens (tertiary/aromatic N) is 3. The number of benzene rings is 1. The molecule has 0 saturated carbocycles. The SMILES string of the molecule is CN(C)c1nccc(Sc2ccc(C(=O)O)cc2)n1. The van der Waals surface area contributed by atoms with Gasteiger partial charge >= 0.3 is 5.97 Å². The lowest BCUT2D eigenvalue weighted by molar-refractivity contribution is 0.0697. The molecule has 2 rings (SSSR count). The molecule has 19 heavy (non-hydrogen) atoms. The first-order valence-electron chi connectivity index (χ1n) is 5.58. The number of aromatic carboxylic acids is 1. The maximum absolute atomic E-state index is 10.8. The highest BCUT2D eigenvalue weighted by atomic mass is 32.2. The number of hydrogen-bond acceptors (Lipinski definition) is 5. The van der Waals surface area contributed by atoms with E-state index in [1.807, 2.05) is 25.1 Å². The third-order valence-corrected chi connectivity index (χ3v) is 3.29. The summed E-state index contributed by atoms with van der Waals surface area (Å²) in [6.45, 7) is 0. The molecule has 1 N–H and O–H groups in total. The summed E-state index contributed by atoms with van der Waals surface area (Å²) in [4.78, 5) is 22.1. The van der Waals surface area contributed by atoms with Crippen molar-refractivity contribution in [1.82, 2.24) is 9.97 Å². The van der Waals surface area contributed by atoms with Crippen molar-refractivity contribution in [3.63, 3.8) is 0 Å². The molecule has 0 atom stereocenters. The monoisotopic (exact) mass is 275 g/mol. The van der Waals surface area contributed by atoms with Gasteiger partial charge in [0.05, 0.1) is 5.56 Å². The van der Waals surface area contributed by atoms with Crippen LogP contribution in [0.25, 0.3) is 0 Å². The molecule has 0 amide bonds. The molecule has 6 heteroatoms. The summed E-state index contributed by atoms with van der Waals surface area (Å²) in [5.74, 6) is -0.277. The van der Waals surface area contributed by atoms with Crippen LogP contribution in [-0.2, 0) is 0 Å². The lowest BCUT2D eigenvalue weighted by Gasteiger charge is -2.10. The van der Waals surface area contributed by atoms with Gasteiger partial charge in [0.1, 0.15) is 5.03 Å². The Morgan fingerprint density at radius 2 is 1.89 bits per heavy atom. The average Bonchev–Trinajstić information content (AvgIpc) is 2.39. The van der Waals surface area contributed by atoms with Gasteiger partial charge in [-0.2, -0.15) is 0 Å². The van der Waals surface area contributed by atoms with Crippen LogP contribution in [-0.4, -0.2) is 35.1 Å². The summed E-state index contributed by atoms with van der Waals surface area (Å²) in [5.41, 5.74) is 0.279. The number of hydrogen-bond donors (Lipinski definition) is 1. The Balaban J connectivity index is 2.16. The molecule has 2 aromatic rings. The predicted molar refractivity (Wildman–Crippen MR) is 73.9 cm³/mol. The molecule has 98 valence electrons. The quantitative estimate of drug-likeness (QED) is 0.864. The molecule has 0 aliphatic heterocycles. The molecule has 0 fully saturated rings. The normalized spacial score (nSPS) is 10.2. The van der Waals surface area contributed by atoms with Gasteiger partial charge in [-0.25, -0.2) is 14.8 Å². The smallest absolute Gasteiger partial charge is 0.335 e. The molecule has 0 bridgehead atoms. The Labute approximate surface area is 115 Å². The van der Waals surface area contributed by atoms with Crippen LogP contribution in [0, 0.1) is 0 Å². The molecule has 0 spiro atoms. The lowest BCUT2D eigenvalue weighted by atomic mass is 10.2. The first-order valence-corrected chi connectivity index (χ1v) is 6.39. The molecule has 5 nitrogen and oxygen atoms in total. The van der Waals surface area contributed by atoms with Gasteiger partial charge in [0.25, 0.3) is 0 Å². The molecule has 0 aliphatic rings. The third kappa shape index (κ3) is 3.45. The molecule has 0 unspecified atom stereocenters. The van der Waals surface area contributed by atoms with Gasteiger partial charge in [0.15, 0.2) is 0 Å². The summed E-state index contributed by atoms with van der Waals surface area (Å²) >= 11 is 1.47. The molecule has 0 radical (unpaired) electrons. The van der Waals surface area contributed by atoms with Crippen LogP contribution in [0.3, 0.4) is 0 Å². The van der Waals surface area contributed by atoms with E-state index in [2.05, 4.69) is 9.97 Å². The van der Waals surface area contributed by atoms with Crippen molar-refractivity contribution in [2.45, 2.75) is 9.92 Å². The summed E-state index contributed by atoms with van der Waals surface area (Å²) in [7, 11) is 3.76. The number of rotatable bonds is 4. The number of carboxylic acids is 1. The van der Waals surface area contributed by atoms with Crippen molar-refractivity contribution in [3.8, 4) is 0 Å². The average molecular weight is 275 g/mol. The van der Waals surface area contributed by atoms with Gasteiger partial charge in [0, 0.05) is 25.2 Å². The minimum atomic E-state index is -0.923. The molecule has 1 heterocycles. The molecule has 1 aromatic carbocycles. The predicted octanol–water partition coefficient (Wildman–Crippen LogP) is 2.39. The highest BCUT2D eigenvalue weighted by molar-refractivity contribution is 7.99. The standard InChI is InChI=1S/C13H13N3O2S/c1-16(2)13-14-8-7-11(15-13)19-10-5-3-9(4-6-10)12(17)18/h3-8H,1-2H3,(H,17,18). The third-order valence-electron chi connectivity index (χ3n) is 2.34. The Kier molecular flexibility index (Phi) is 4.01. The summed E-state index contributed by atoms with van der Waals surface area (Å²) in [5, 5.41) is 9.65. The minimum Gasteiger partial charge on any atom is -0.478 e. The van der Waals surface area contributed by atoms with Crippen molar-refractivity contribution in [2.75, 3.05) is 19.0 Å². The van der Waals surface area contributed by atoms with Gasteiger partial charge in [0.2, 0.25) is 5.95 Å². The van der Waals surface area contributed by atoms with Crippen molar-refractivity contribution in [1.29, 1.82) is 0 Å². The fourth-order valence-corrected chi connectivity index (χ4v) is 2.16. The van der Waals surface area contributed by atoms with Crippen LogP contribution in [0.1, 0.15) is 10.4 Å². The maximum Gasteiger partial charge on any atom is 0.335 e. The van der Waals surface area contributed by atoms with E-state index in [9.17, 15) is 4.79 Å². The van der Waals surface area contributed by atoms with Crippen LogP contribution in [0.5, 0.6) is 0 Å². The minimum absolute atomic E-state index is 0.279. The number of anilines is 1. The fourth-order valence-electron chi connectivity index (χ4n) is 1.39. The van der Waals surface area contributed by atoms with Gasteiger partial charge in [-0.05, 0) is 30.3 Å². The highest BCUT2D eigenvalue weighted by Crippen LogP contribution is 2.26. The first-order chi connectivity index (χ1) is 9.06. The zero-order valence-electron chi connectivity index (χ0n) is 10.6. The lowest BCUT2D eigenvalue weighted by Crippen LogP contribution is -2.12. The molecule has 0 aliphatic carbocycles. The second-order valence-electron chi connectivity index (χ2n) is 4.02. The largest absolute Gasteiger partial charge is 0.478 e. The van der Waals surface area contributed by atoms with E-state index in [-0.39, 0.29) is 5.56 Å². The fraction of sp³-hybridized carbons (Fsp3) is 0.154. The zero-order chi connectivity index (χ0) is 13.8. The summed E-state index contributed by atoms with van der Waals surface area (Å²) in [6.07, 6.45) is 1.70. The van der Waals surface area contributed by atoms with Gasteiger partial charge in [-0.3, -0.25) is 0 Å². The second kappa shape index (κ2) is 5.71. The Bertz CT molecular complexity index is 585. The summed E-state index contributed by atoms with van der Waals surface area (Å²) in [6, 6.07) is 8.53. The van der Waals surface area contributed by atoms with E-state index in [1.165, 1.54) is 11.8 Å². The Morgan fingerprint density at radius 3 is 2.47 bits per heavy atom. The molecular weight excluding hydrogens is 262 g/mol. The van der Waals surface area contributed by atoms with E-state index in [0.29, 0.717) is 5.95 Å². The van der Waals surface area contributed by atoms with Crippen LogP contribution in [0.15, 0.2) is 46.5 Å². The number of aromatic nitrogens is 2. The van der Waals surface area contributed by atoms with Crippen molar-refractivity contribution in [2.24, 2.45) is 0 Å². The van der Waals surface area contributed by atoms with E-state index in [0.717, 1.165) is 9.92 Å². The van der Waals surface area contributed by atoms with Crippen LogP contribution in [0.4, 0.5) is 5.95 Å². The molecule has 0 saturated heterocycles. The van der Waals surface area contributed by atoms with E-state index in [1.54, 1.807) is 30.5 Å². The van der Waals surface area contributed by atoms with Crippen molar-refractivity contribution in [3.05, 3.63) is 42.1 Å². The topological polar surface area (TPSA) is 66.3 Å². The van der Waals surface area contributed by atoms with Gasteiger partial charge in [-0.15, -0.1) is 0 Å².